The number of hydrogen-bond acceptors (Lipinski definition) is 8. The number of piperazine rings is 1. The number of sulfonamides is 1. The summed E-state index contributed by atoms with van der Waals surface area (Å²) in [6.07, 6.45) is 1.17. The number of amides is 1. The lowest BCUT2D eigenvalue weighted by Crippen LogP contribution is -2.50. The van der Waals surface area contributed by atoms with Crippen LogP contribution < -0.4 is 5.73 Å². The summed E-state index contributed by atoms with van der Waals surface area (Å²) in [7, 11) is -3.19. The topological polar surface area (TPSA) is 123 Å². The molecule has 0 spiro atoms. The first-order valence-electron chi connectivity index (χ1n) is 6.28. The first kappa shape index (κ1) is 16.2. The van der Waals surface area contributed by atoms with Crippen LogP contribution in [0.15, 0.2) is 9.64 Å². The Bertz CT molecular complexity index is 594. The number of thioether (sulfide) groups is 1. The van der Waals surface area contributed by atoms with E-state index in [4.69, 9.17) is 10.2 Å². The Kier molecular flexibility index (Phi) is 5.19. The number of nitrogens with two attached hydrogens (primary N) is 1. The Balaban J connectivity index is 1.80. The SMILES string of the molecule is CS(=O)(=O)N1CCN(C(=O)CSc2nnc(CN)o2)CC1. The van der Waals surface area contributed by atoms with E-state index in [0.717, 1.165) is 11.8 Å². The fraction of sp³-hybridized carbons (Fsp3) is 0.700. The fourth-order valence-corrected chi connectivity index (χ4v) is 3.37. The monoisotopic (exact) mass is 335 g/mol. The minimum absolute atomic E-state index is 0.0827. The molecule has 21 heavy (non-hydrogen) atoms. The molecule has 0 radical (unpaired) electrons. The van der Waals surface area contributed by atoms with Crippen molar-refractivity contribution in [1.29, 1.82) is 0 Å². The highest BCUT2D eigenvalue weighted by atomic mass is 32.2. The molecule has 2 heterocycles. The fourth-order valence-electron chi connectivity index (χ4n) is 1.86. The second-order valence-corrected chi connectivity index (χ2v) is 7.41. The maximum Gasteiger partial charge on any atom is 0.277 e. The standard InChI is InChI=1S/C10H17N5O4S2/c1-21(17,18)15-4-2-14(3-5-15)9(16)7-20-10-13-12-8(6-11)19-10/h2-7,11H2,1H3. The zero-order valence-corrected chi connectivity index (χ0v) is 13.2. The molecule has 1 aromatic heterocycles. The molecule has 0 aliphatic carbocycles. The highest BCUT2D eigenvalue weighted by molar-refractivity contribution is 7.99. The summed E-state index contributed by atoms with van der Waals surface area (Å²) in [6, 6.07) is 0. The molecule has 1 saturated heterocycles. The van der Waals surface area contributed by atoms with Crippen LogP contribution in [0.25, 0.3) is 0 Å². The van der Waals surface area contributed by atoms with Crippen LogP contribution in [0.2, 0.25) is 0 Å². The van der Waals surface area contributed by atoms with E-state index in [1.54, 1.807) is 4.90 Å². The van der Waals surface area contributed by atoms with Crippen LogP contribution in [0.3, 0.4) is 0 Å². The highest BCUT2D eigenvalue weighted by Gasteiger charge is 2.26. The zero-order chi connectivity index (χ0) is 15.5. The molecule has 0 bridgehead atoms. The average Bonchev–Trinajstić information content (AvgIpc) is 2.92. The van der Waals surface area contributed by atoms with Gasteiger partial charge in [0.2, 0.25) is 21.8 Å². The molecule has 1 aromatic rings. The third-order valence-electron chi connectivity index (χ3n) is 3.00. The summed E-state index contributed by atoms with van der Waals surface area (Å²) in [5.41, 5.74) is 5.35. The molecule has 1 aliphatic rings. The van der Waals surface area contributed by atoms with Gasteiger partial charge in [0.05, 0.1) is 18.6 Å². The number of carbonyl (C=O) groups is 1. The van der Waals surface area contributed by atoms with Gasteiger partial charge in [-0.3, -0.25) is 4.79 Å². The molecule has 118 valence electrons. The van der Waals surface area contributed by atoms with Gasteiger partial charge in [0.25, 0.3) is 5.22 Å². The van der Waals surface area contributed by atoms with Crippen LogP contribution in [-0.2, 0) is 21.4 Å². The van der Waals surface area contributed by atoms with Gasteiger partial charge in [-0.05, 0) is 0 Å². The Morgan fingerprint density at radius 1 is 1.33 bits per heavy atom. The molecule has 9 nitrogen and oxygen atoms in total. The minimum atomic E-state index is -3.19. The smallest absolute Gasteiger partial charge is 0.277 e. The molecule has 1 fully saturated rings. The Hall–Kier alpha value is -1.17. The number of nitrogens with zero attached hydrogens (tertiary/aromatic N) is 4. The van der Waals surface area contributed by atoms with E-state index in [0.29, 0.717) is 37.3 Å². The van der Waals surface area contributed by atoms with E-state index in [2.05, 4.69) is 10.2 Å². The predicted octanol–water partition coefficient (Wildman–Crippen LogP) is -1.28. The molecule has 0 atom stereocenters. The van der Waals surface area contributed by atoms with Crippen molar-refractivity contribution >= 4 is 27.7 Å². The summed E-state index contributed by atoms with van der Waals surface area (Å²) >= 11 is 1.15. The quantitative estimate of drug-likeness (QED) is 0.660. The van der Waals surface area contributed by atoms with Crippen molar-refractivity contribution in [2.75, 3.05) is 38.2 Å². The van der Waals surface area contributed by atoms with Gasteiger partial charge < -0.3 is 15.1 Å². The van der Waals surface area contributed by atoms with Crippen LogP contribution in [0.1, 0.15) is 5.89 Å². The van der Waals surface area contributed by atoms with Gasteiger partial charge in [0.15, 0.2) is 0 Å². The minimum Gasteiger partial charge on any atom is -0.415 e. The molecule has 1 aliphatic heterocycles. The summed E-state index contributed by atoms with van der Waals surface area (Å²) in [6.45, 7) is 1.60. The van der Waals surface area contributed by atoms with Crippen LogP contribution in [0, 0.1) is 0 Å². The Morgan fingerprint density at radius 2 is 2.00 bits per heavy atom. The van der Waals surface area contributed by atoms with Crippen LogP contribution in [0.5, 0.6) is 0 Å². The van der Waals surface area contributed by atoms with Gasteiger partial charge in [-0.2, -0.15) is 4.31 Å². The molecule has 0 unspecified atom stereocenters. The molecular formula is C10H17N5O4S2. The third-order valence-corrected chi connectivity index (χ3v) is 5.11. The van der Waals surface area contributed by atoms with Crippen molar-refractivity contribution < 1.29 is 17.6 Å². The van der Waals surface area contributed by atoms with E-state index in [1.807, 2.05) is 0 Å². The second kappa shape index (κ2) is 6.73. The molecule has 11 heteroatoms. The molecule has 2 N–H and O–H groups in total. The maximum absolute atomic E-state index is 12.0. The molecule has 1 amide bonds. The second-order valence-electron chi connectivity index (χ2n) is 4.50. The van der Waals surface area contributed by atoms with Crippen molar-refractivity contribution in [3.05, 3.63) is 5.89 Å². The summed E-state index contributed by atoms with van der Waals surface area (Å²) in [5, 5.41) is 7.76. The summed E-state index contributed by atoms with van der Waals surface area (Å²) in [4.78, 5) is 13.7. The van der Waals surface area contributed by atoms with Crippen molar-refractivity contribution in [2.45, 2.75) is 11.8 Å². The molecular weight excluding hydrogens is 318 g/mol. The van der Waals surface area contributed by atoms with E-state index < -0.39 is 10.0 Å². The van der Waals surface area contributed by atoms with Gasteiger partial charge in [-0.1, -0.05) is 11.8 Å². The van der Waals surface area contributed by atoms with Gasteiger partial charge in [-0.15, -0.1) is 10.2 Å². The van der Waals surface area contributed by atoms with Crippen LogP contribution in [0.4, 0.5) is 0 Å². The van der Waals surface area contributed by atoms with E-state index in [1.165, 1.54) is 10.6 Å². The third kappa shape index (κ3) is 4.40. The first-order chi connectivity index (χ1) is 9.90. The van der Waals surface area contributed by atoms with Crippen molar-refractivity contribution in [3.63, 3.8) is 0 Å². The summed E-state index contributed by atoms with van der Waals surface area (Å²) in [5.74, 6) is 0.415. The van der Waals surface area contributed by atoms with E-state index in [9.17, 15) is 13.2 Å². The van der Waals surface area contributed by atoms with E-state index >= 15 is 0 Å². The highest BCUT2D eigenvalue weighted by Crippen LogP contribution is 2.17. The lowest BCUT2D eigenvalue weighted by Gasteiger charge is -2.33. The van der Waals surface area contributed by atoms with Crippen molar-refractivity contribution in [3.8, 4) is 0 Å². The van der Waals surface area contributed by atoms with Crippen LogP contribution >= 0.6 is 11.8 Å². The Morgan fingerprint density at radius 3 is 2.52 bits per heavy atom. The zero-order valence-electron chi connectivity index (χ0n) is 11.6. The average molecular weight is 335 g/mol. The van der Waals surface area contributed by atoms with Gasteiger partial charge >= 0.3 is 0 Å². The number of hydrogen-bond donors (Lipinski definition) is 1. The van der Waals surface area contributed by atoms with Crippen molar-refractivity contribution in [1.82, 2.24) is 19.4 Å². The number of aromatic nitrogens is 2. The number of rotatable bonds is 5. The van der Waals surface area contributed by atoms with Crippen LogP contribution in [-0.4, -0.2) is 71.9 Å². The Labute approximate surface area is 126 Å². The molecule has 2 rings (SSSR count). The molecule has 0 saturated carbocycles. The van der Waals surface area contributed by atoms with Crippen molar-refractivity contribution in [2.24, 2.45) is 5.73 Å². The lowest BCUT2D eigenvalue weighted by molar-refractivity contribution is -0.129. The maximum atomic E-state index is 12.0. The normalized spacial score (nSPS) is 17.1. The van der Waals surface area contributed by atoms with Gasteiger partial charge in [0, 0.05) is 26.2 Å². The van der Waals surface area contributed by atoms with E-state index in [-0.39, 0.29) is 18.2 Å². The largest absolute Gasteiger partial charge is 0.415 e. The summed E-state index contributed by atoms with van der Waals surface area (Å²) < 4.78 is 29.3. The lowest BCUT2D eigenvalue weighted by atomic mass is 10.3. The first-order valence-corrected chi connectivity index (χ1v) is 9.11. The number of carbonyl (C=O) groups excluding carboxylic acids is 1. The predicted molar refractivity (Wildman–Crippen MR) is 75.9 cm³/mol. The van der Waals surface area contributed by atoms with Gasteiger partial charge in [-0.25, -0.2) is 8.42 Å². The molecule has 0 aromatic carbocycles. The van der Waals surface area contributed by atoms with Gasteiger partial charge in [0.1, 0.15) is 0 Å².